The maximum Gasteiger partial charge on any atom is 0.209 e. The molecule has 0 N–H and O–H groups in total. The number of isothiocyanates is 2. The van der Waals surface area contributed by atoms with Crippen LogP contribution in [0.4, 0.5) is 11.4 Å². The second-order valence-corrected chi connectivity index (χ2v) is 13.6. The van der Waals surface area contributed by atoms with Crippen molar-refractivity contribution in [1.82, 2.24) is 0 Å². The first kappa shape index (κ1) is 36.1. The Morgan fingerprint density at radius 2 is 1.54 bits per heavy atom. The summed E-state index contributed by atoms with van der Waals surface area (Å²) in [5.74, 6) is 0. The zero-order valence-corrected chi connectivity index (χ0v) is 31.1. The topological polar surface area (TPSA) is 31.0 Å². The molecule has 3 aliphatic rings. The Hall–Kier alpha value is -2.76. The number of rotatable bonds is 11. The Morgan fingerprint density at radius 3 is 2.28 bits per heavy atom. The summed E-state index contributed by atoms with van der Waals surface area (Å²) in [6.45, 7) is 12.3. The van der Waals surface area contributed by atoms with Crippen LogP contribution in [0.15, 0.2) is 105 Å². The maximum absolute atomic E-state index is 7.19. The summed E-state index contributed by atoms with van der Waals surface area (Å²) in [5, 5.41) is 5.87. The lowest BCUT2D eigenvalue weighted by Crippen LogP contribution is -3.00. The van der Waals surface area contributed by atoms with Crippen molar-refractivity contribution < 1.29 is 21.6 Å². The zero-order chi connectivity index (χ0) is 32.0. The highest BCUT2D eigenvalue weighted by atomic mass is 79.9. The van der Waals surface area contributed by atoms with Gasteiger partial charge in [0.05, 0.1) is 28.8 Å². The van der Waals surface area contributed by atoms with Crippen molar-refractivity contribution in [2.75, 3.05) is 31.1 Å². The molecular weight excluding hydrogens is 692 g/mol. The van der Waals surface area contributed by atoms with Gasteiger partial charge in [0.15, 0.2) is 12.3 Å². The van der Waals surface area contributed by atoms with E-state index in [1.54, 1.807) is 0 Å². The van der Waals surface area contributed by atoms with Gasteiger partial charge >= 0.3 is 0 Å². The van der Waals surface area contributed by atoms with Gasteiger partial charge in [-0.05, 0) is 92.8 Å². The van der Waals surface area contributed by atoms with Crippen LogP contribution in [0.5, 0.6) is 0 Å². The molecule has 5 rings (SSSR count). The summed E-state index contributed by atoms with van der Waals surface area (Å²) >= 11 is 16.8. The van der Waals surface area contributed by atoms with Crippen LogP contribution in [0.1, 0.15) is 70.9 Å². The van der Waals surface area contributed by atoms with Crippen LogP contribution in [0.3, 0.4) is 0 Å². The molecule has 2 aromatic rings. The molecule has 8 heteroatoms. The Bertz CT molecular complexity index is 1720. The van der Waals surface area contributed by atoms with E-state index >= 15 is 0 Å². The molecule has 2 heterocycles. The number of thiocarbonyl (C=S) groups is 2. The number of benzene rings is 2. The number of fused-ring (bicyclic) bond motifs is 2. The average Bonchev–Trinajstić information content (AvgIpc) is 3.38. The van der Waals surface area contributed by atoms with Crippen molar-refractivity contribution in [3.8, 4) is 0 Å². The zero-order valence-electron chi connectivity index (χ0n) is 27.2. The van der Waals surface area contributed by atoms with E-state index in [9.17, 15) is 0 Å². The smallest absolute Gasteiger partial charge is 0.209 e. The molecular formula is C38H42BrClN4S2. The van der Waals surface area contributed by atoms with Crippen LogP contribution in [0, 0.1) is 0 Å². The number of anilines is 1. The first-order valence-corrected chi connectivity index (χ1v) is 17.1. The second kappa shape index (κ2) is 15.9. The van der Waals surface area contributed by atoms with Gasteiger partial charge in [0.1, 0.15) is 0 Å². The Morgan fingerprint density at radius 1 is 0.870 bits per heavy atom. The Kier molecular flexibility index (Phi) is 12.5. The summed E-state index contributed by atoms with van der Waals surface area (Å²) < 4.78 is 2.44. The molecule has 0 saturated heterocycles. The minimum atomic E-state index is -0.119. The number of allylic oxidation sites excluding steroid dienone is 8. The highest BCUT2D eigenvalue weighted by molar-refractivity contribution is 7.78. The number of nitrogens with zero attached hydrogens (tertiary/aromatic N) is 4. The number of halogens is 2. The quantitative estimate of drug-likeness (QED) is 0.109. The van der Waals surface area contributed by atoms with Crippen LogP contribution >= 0.6 is 36.0 Å². The average molecular weight is 734 g/mol. The fraction of sp³-hybridized carbons (Fsp3) is 0.395. The van der Waals surface area contributed by atoms with Gasteiger partial charge in [-0.25, -0.2) is 9.98 Å². The lowest BCUT2D eigenvalue weighted by atomic mass is 9.81. The van der Waals surface area contributed by atoms with Gasteiger partial charge in [-0.1, -0.05) is 74.0 Å². The van der Waals surface area contributed by atoms with Crippen LogP contribution in [-0.2, 0) is 10.8 Å². The second-order valence-electron chi connectivity index (χ2n) is 12.9. The molecule has 0 saturated carbocycles. The van der Waals surface area contributed by atoms with E-state index in [-0.39, 0.29) is 27.8 Å². The third kappa shape index (κ3) is 7.36. The van der Waals surface area contributed by atoms with Crippen molar-refractivity contribution in [2.45, 2.75) is 70.6 Å². The van der Waals surface area contributed by atoms with Gasteiger partial charge in [-0.2, -0.15) is 4.58 Å². The van der Waals surface area contributed by atoms with Crippen molar-refractivity contribution in [2.24, 2.45) is 9.98 Å². The van der Waals surface area contributed by atoms with Crippen LogP contribution in [0.2, 0.25) is 0 Å². The van der Waals surface area contributed by atoms with Gasteiger partial charge in [-0.15, -0.1) is 0 Å². The molecule has 240 valence electrons. The largest absolute Gasteiger partial charge is 1.00 e. The van der Waals surface area contributed by atoms with Crippen molar-refractivity contribution in [1.29, 1.82) is 0 Å². The molecule has 0 spiro atoms. The van der Waals surface area contributed by atoms with Gasteiger partial charge in [-0.3, -0.25) is 0 Å². The highest BCUT2D eigenvalue weighted by Gasteiger charge is 2.44. The van der Waals surface area contributed by atoms with E-state index in [4.69, 9.17) is 36.0 Å². The minimum absolute atomic E-state index is 0. The first-order chi connectivity index (χ1) is 21.7. The normalized spacial score (nSPS) is 19.6. The van der Waals surface area contributed by atoms with E-state index < -0.39 is 0 Å². The molecule has 0 bridgehead atoms. The van der Waals surface area contributed by atoms with Gasteiger partial charge in [0, 0.05) is 52.5 Å². The number of aliphatic imine (C=N–C) groups is 2. The monoisotopic (exact) mass is 732 g/mol. The maximum atomic E-state index is 7.19. The van der Waals surface area contributed by atoms with E-state index in [1.807, 2.05) is 0 Å². The summed E-state index contributed by atoms with van der Waals surface area (Å²) in [4.78, 5) is 10.7. The molecule has 4 nitrogen and oxygen atoms in total. The molecule has 0 amide bonds. The molecule has 0 aromatic heterocycles. The number of para-hydroxylation sites is 2. The van der Waals surface area contributed by atoms with Gasteiger partial charge in [0.2, 0.25) is 5.69 Å². The summed E-state index contributed by atoms with van der Waals surface area (Å²) in [6.07, 6.45) is 13.9. The molecule has 0 radical (unpaired) electrons. The summed E-state index contributed by atoms with van der Waals surface area (Å²) in [7, 11) is 0. The van der Waals surface area contributed by atoms with E-state index in [2.05, 4.69) is 130 Å². The SMILES string of the molecule is CC1(C)C(/C=C/C2=C(Cl)C(=C/C=C3\N(CCCN=C=S)c4ccccc4C3(C)C)/CCC2)=[N+](CCCN=C=S)c2ccccc21.[Br-]. The van der Waals surface area contributed by atoms with Crippen molar-refractivity contribution in [3.05, 3.63) is 106 Å². The molecule has 0 fully saturated rings. The lowest BCUT2D eigenvalue weighted by molar-refractivity contribution is -0.437. The van der Waals surface area contributed by atoms with E-state index in [0.717, 1.165) is 50.2 Å². The fourth-order valence-electron chi connectivity index (χ4n) is 7.04. The molecule has 46 heavy (non-hydrogen) atoms. The summed E-state index contributed by atoms with van der Waals surface area (Å²) in [6, 6.07) is 17.4. The van der Waals surface area contributed by atoms with E-state index in [0.29, 0.717) is 13.1 Å². The number of hydrogen-bond donors (Lipinski definition) is 0. The van der Waals surface area contributed by atoms with Crippen LogP contribution in [0.25, 0.3) is 0 Å². The van der Waals surface area contributed by atoms with Crippen LogP contribution in [-0.4, -0.2) is 46.8 Å². The lowest BCUT2D eigenvalue weighted by Gasteiger charge is -2.27. The molecule has 0 unspecified atom stereocenters. The van der Waals surface area contributed by atoms with E-state index in [1.165, 1.54) is 45.1 Å². The molecule has 1 aliphatic carbocycles. The van der Waals surface area contributed by atoms with Crippen molar-refractivity contribution in [3.63, 3.8) is 0 Å². The number of hydrogen-bond acceptors (Lipinski definition) is 5. The molecule has 2 aromatic carbocycles. The third-order valence-electron chi connectivity index (χ3n) is 9.37. The van der Waals surface area contributed by atoms with Crippen LogP contribution < -0.4 is 21.9 Å². The fourth-order valence-corrected chi connectivity index (χ4v) is 7.54. The predicted octanol–water partition coefficient (Wildman–Crippen LogP) is 6.89. The van der Waals surface area contributed by atoms with Crippen molar-refractivity contribution >= 4 is 63.4 Å². The van der Waals surface area contributed by atoms with Gasteiger partial charge < -0.3 is 21.9 Å². The standard InChI is InChI=1S/C38H42ClN4S2.BrH/c1-37(2)30-14-5-7-16-32(30)42(24-10-22-40-26-44)34(37)20-18-28-12-9-13-29(36(28)39)19-21-35-38(3,4)31-15-6-8-17-33(31)43(35)25-11-23-41-27-45;/h5-8,14-21H,9-13,22-25H2,1-4H3;1H/q+1;/p-1. The van der Waals surface area contributed by atoms with Gasteiger partial charge in [0.25, 0.3) is 0 Å². The Labute approximate surface area is 300 Å². The Balaban J connectivity index is 0.00000480. The first-order valence-electron chi connectivity index (χ1n) is 15.9. The predicted molar refractivity (Wildman–Crippen MR) is 197 cm³/mol. The minimum Gasteiger partial charge on any atom is -1.00 e. The molecule has 0 atom stereocenters. The molecule has 2 aliphatic heterocycles. The third-order valence-corrected chi connectivity index (χ3v) is 10.1. The highest BCUT2D eigenvalue weighted by Crippen LogP contribution is 2.48. The summed E-state index contributed by atoms with van der Waals surface area (Å²) in [5.41, 5.74) is 9.94.